The van der Waals surface area contributed by atoms with Crippen LogP contribution >= 0.6 is 0 Å². The first-order chi connectivity index (χ1) is 9.63. The minimum Gasteiger partial charge on any atom is -0.399 e. The second-order valence-corrected chi connectivity index (χ2v) is 4.87. The Hall–Kier alpha value is -2.08. The van der Waals surface area contributed by atoms with Gasteiger partial charge in [-0.2, -0.15) is 0 Å². The molecule has 6 heteroatoms. The molecule has 1 saturated heterocycles. The number of nitrogens with one attached hydrogen (secondary N) is 2. The summed E-state index contributed by atoms with van der Waals surface area (Å²) in [5, 5.41) is 5.63. The van der Waals surface area contributed by atoms with Crippen molar-refractivity contribution in [3.05, 3.63) is 24.3 Å². The molecule has 0 atom stereocenters. The van der Waals surface area contributed by atoms with Crippen LogP contribution in [0.5, 0.6) is 0 Å². The molecule has 6 nitrogen and oxygen atoms in total. The Bertz CT molecular complexity index is 490. The molecule has 20 heavy (non-hydrogen) atoms. The third-order valence-electron chi connectivity index (χ3n) is 3.23. The molecule has 0 aliphatic carbocycles. The topological polar surface area (TPSA) is 87.5 Å². The highest BCUT2D eigenvalue weighted by atomic mass is 16.2. The summed E-state index contributed by atoms with van der Waals surface area (Å²) >= 11 is 0. The average Bonchev–Trinajstić information content (AvgIpc) is 2.61. The lowest BCUT2D eigenvalue weighted by Crippen LogP contribution is -2.31. The molecule has 0 aromatic heterocycles. The van der Waals surface area contributed by atoms with Crippen LogP contribution in [0.3, 0.4) is 0 Å². The monoisotopic (exact) mass is 276 g/mol. The summed E-state index contributed by atoms with van der Waals surface area (Å²) in [4.78, 5) is 25.2. The van der Waals surface area contributed by atoms with E-state index in [4.69, 9.17) is 5.73 Å². The first-order valence-corrected chi connectivity index (χ1v) is 6.78. The van der Waals surface area contributed by atoms with Gasteiger partial charge in [0.15, 0.2) is 0 Å². The van der Waals surface area contributed by atoms with Crippen LogP contribution in [-0.4, -0.2) is 42.9 Å². The quantitative estimate of drug-likeness (QED) is 0.696. The van der Waals surface area contributed by atoms with Gasteiger partial charge in [0.1, 0.15) is 0 Å². The molecule has 4 N–H and O–H groups in total. The van der Waals surface area contributed by atoms with E-state index in [1.165, 1.54) is 0 Å². The molecule has 0 bridgehead atoms. The van der Waals surface area contributed by atoms with Crippen LogP contribution in [0.25, 0.3) is 0 Å². The zero-order chi connectivity index (χ0) is 14.4. The number of amides is 2. The van der Waals surface area contributed by atoms with Crippen LogP contribution < -0.4 is 16.4 Å². The molecule has 1 heterocycles. The van der Waals surface area contributed by atoms with Crippen LogP contribution in [0.1, 0.15) is 12.8 Å². The normalized spacial score (nSPS) is 16.3. The van der Waals surface area contributed by atoms with Crippen molar-refractivity contribution >= 4 is 23.2 Å². The number of nitrogen functional groups attached to an aromatic ring is 1. The molecule has 2 amide bonds. The summed E-state index contributed by atoms with van der Waals surface area (Å²) in [5.41, 5.74) is 6.99. The van der Waals surface area contributed by atoms with Gasteiger partial charge in [-0.25, -0.2) is 0 Å². The van der Waals surface area contributed by atoms with Gasteiger partial charge in [-0.3, -0.25) is 9.59 Å². The molecule has 0 unspecified atom stereocenters. The largest absolute Gasteiger partial charge is 0.399 e. The SMILES string of the molecule is Nc1cccc(NC(=O)CCN2CCNC(=O)CC2)c1. The van der Waals surface area contributed by atoms with E-state index in [1.54, 1.807) is 18.2 Å². The molecular weight excluding hydrogens is 256 g/mol. The predicted molar refractivity (Wildman–Crippen MR) is 78.2 cm³/mol. The third-order valence-corrected chi connectivity index (χ3v) is 3.23. The number of hydrogen-bond donors (Lipinski definition) is 3. The maximum absolute atomic E-state index is 11.9. The third kappa shape index (κ3) is 4.55. The van der Waals surface area contributed by atoms with Crippen molar-refractivity contribution in [3.8, 4) is 0 Å². The predicted octanol–water partition coefficient (Wildman–Crippen LogP) is 0.419. The van der Waals surface area contributed by atoms with E-state index in [0.717, 1.165) is 6.54 Å². The minimum atomic E-state index is -0.0425. The number of anilines is 2. The summed E-state index contributed by atoms with van der Waals surface area (Å²) in [6.45, 7) is 2.80. The number of nitrogens with two attached hydrogens (primary N) is 1. The van der Waals surface area contributed by atoms with Gasteiger partial charge in [0, 0.05) is 50.4 Å². The van der Waals surface area contributed by atoms with Crippen molar-refractivity contribution in [3.63, 3.8) is 0 Å². The Morgan fingerprint density at radius 3 is 3.05 bits per heavy atom. The number of hydrogen-bond acceptors (Lipinski definition) is 4. The Kier molecular flexibility index (Phi) is 4.95. The van der Waals surface area contributed by atoms with Crippen molar-refractivity contribution in [1.29, 1.82) is 0 Å². The van der Waals surface area contributed by atoms with Crippen molar-refractivity contribution in [2.24, 2.45) is 0 Å². The first-order valence-electron chi connectivity index (χ1n) is 6.78. The Morgan fingerprint density at radius 1 is 1.40 bits per heavy atom. The van der Waals surface area contributed by atoms with Crippen molar-refractivity contribution in [1.82, 2.24) is 10.2 Å². The Balaban J connectivity index is 1.76. The lowest BCUT2D eigenvalue weighted by atomic mass is 10.2. The Morgan fingerprint density at radius 2 is 2.25 bits per heavy atom. The maximum atomic E-state index is 11.9. The fourth-order valence-corrected chi connectivity index (χ4v) is 2.14. The van der Waals surface area contributed by atoms with E-state index in [1.807, 2.05) is 6.07 Å². The molecule has 2 rings (SSSR count). The van der Waals surface area contributed by atoms with Gasteiger partial charge < -0.3 is 21.3 Å². The highest BCUT2D eigenvalue weighted by Gasteiger charge is 2.14. The molecule has 0 spiro atoms. The smallest absolute Gasteiger partial charge is 0.225 e. The van der Waals surface area contributed by atoms with Crippen molar-refractivity contribution < 1.29 is 9.59 Å². The van der Waals surface area contributed by atoms with E-state index in [-0.39, 0.29) is 11.8 Å². The van der Waals surface area contributed by atoms with E-state index < -0.39 is 0 Å². The van der Waals surface area contributed by atoms with Crippen LogP contribution in [0, 0.1) is 0 Å². The Labute approximate surface area is 118 Å². The number of benzene rings is 1. The van der Waals surface area contributed by atoms with E-state index >= 15 is 0 Å². The second kappa shape index (κ2) is 6.91. The number of carbonyl (C=O) groups excluding carboxylic acids is 2. The number of carbonyl (C=O) groups is 2. The molecule has 108 valence electrons. The number of nitrogens with zero attached hydrogens (tertiary/aromatic N) is 1. The first kappa shape index (κ1) is 14.3. The van der Waals surface area contributed by atoms with Crippen LogP contribution in [0.2, 0.25) is 0 Å². The molecule has 1 aliphatic rings. The van der Waals surface area contributed by atoms with E-state index in [2.05, 4.69) is 15.5 Å². The average molecular weight is 276 g/mol. The molecule has 1 aliphatic heterocycles. The van der Waals surface area contributed by atoms with Crippen LogP contribution in [-0.2, 0) is 9.59 Å². The summed E-state index contributed by atoms with van der Waals surface area (Å²) in [7, 11) is 0. The van der Waals surface area contributed by atoms with Crippen LogP contribution in [0.15, 0.2) is 24.3 Å². The van der Waals surface area contributed by atoms with Gasteiger partial charge in [0.25, 0.3) is 0 Å². The molecule has 0 radical (unpaired) electrons. The summed E-state index contributed by atoms with van der Waals surface area (Å²) < 4.78 is 0. The lowest BCUT2D eigenvalue weighted by Gasteiger charge is -2.18. The molecule has 1 aromatic carbocycles. The fraction of sp³-hybridized carbons (Fsp3) is 0.429. The van der Waals surface area contributed by atoms with Gasteiger partial charge in [-0.05, 0) is 18.2 Å². The molecule has 0 saturated carbocycles. The highest BCUT2D eigenvalue weighted by molar-refractivity contribution is 5.91. The van der Waals surface area contributed by atoms with Gasteiger partial charge in [-0.1, -0.05) is 6.07 Å². The van der Waals surface area contributed by atoms with Gasteiger partial charge in [-0.15, -0.1) is 0 Å². The summed E-state index contributed by atoms with van der Waals surface area (Å²) in [6.07, 6.45) is 0.903. The standard InChI is InChI=1S/C14H20N4O2/c15-11-2-1-3-12(10-11)17-14(20)5-8-18-7-4-13(19)16-6-9-18/h1-3,10H,4-9,15H2,(H,16,19)(H,17,20). The van der Waals surface area contributed by atoms with Gasteiger partial charge in [0.05, 0.1) is 0 Å². The molecular formula is C14H20N4O2. The van der Waals surface area contributed by atoms with Crippen LogP contribution in [0.4, 0.5) is 11.4 Å². The summed E-state index contributed by atoms with van der Waals surface area (Å²) in [6, 6.07) is 7.11. The zero-order valence-electron chi connectivity index (χ0n) is 11.4. The molecule has 1 aromatic rings. The zero-order valence-corrected chi connectivity index (χ0v) is 11.4. The minimum absolute atomic E-state index is 0.0425. The van der Waals surface area contributed by atoms with Gasteiger partial charge >= 0.3 is 0 Å². The lowest BCUT2D eigenvalue weighted by molar-refractivity contribution is -0.120. The second-order valence-electron chi connectivity index (χ2n) is 4.87. The van der Waals surface area contributed by atoms with Gasteiger partial charge in [0.2, 0.25) is 11.8 Å². The van der Waals surface area contributed by atoms with Crippen molar-refractivity contribution in [2.45, 2.75) is 12.8 Å². The van der Waals surface area contributed by atoms with Crippen molar-refractivity contribution in [2.75, 3.05) is 37.2 Å². The summed E-state index contributed by atoms with van der Waals surface area (Å²) in [5.74, 6) is 0.0378. The maximum Gasteiger partial charge on any atom is 0.225 e. The van der Waals surface area contributed by atoms with E-state index in [9.17, 15) is 9.59 Å². The highest BCUT2D eigenvalue weighted by Crippen LogP contribution is 2.12. The van der Waals surface area contributed by atoms with E-state index in [0.29, 0.717) is 43.9 Å². The fourth-order valence-electron chi connectivity index (χ4n) is 2.14. The number of rotatable bonds is 4. The molecule has 1 fully saturated rings.